The van der Waals surface area contributed by atoms with Crippen LogP contribution in [-0.4, -0.2) is 32.6 Å². The second-order valence-electron chi connectivity index (χ2n) is 15.5. The molecule has 0 saturated heterocycles. The first-order valence-electron chi connectivity index (χ1n) is 17.2. The number of aryl methyl sites for hydroxylation is 1. The third-order valence-electron chi connectivity index (χ3n) is 8.93. The minimum absolute atomic E-state index is 0. The molecule has 0 aliphatic heterocycles. The van der Waals surface area contributed by atoms with Crippen LogP contribution in [-0.2, 0) is 25.5 Å². The van der Waals surface area contributed by atoms with Gasteiger partial charge in [-0.25, -0.2) is 4.98 Å². The number of imidazole rings is 1. The molecule has 8 heteroatoms. The summed E-state index contributed by atoms with van der Waals surface area (Å²) in [5.41, 5.74) is 9.94. The molecule has 6 nitrogen and oxygen atoms in total. The van der Waals surface area contributed by atoms with Crippen molar-refractivity contribution in [2.75, 3.05) is 0 Å². The predicted molar refractivity (Wildman–Crippen MR) is 206 cm³/mol. The monoisotopic (exact) mass is 858 g/mol. The summed E-state index contributed by atoms with van der Waals surface area (Å²) in [7, 11) is -1.34. The molecule has 0 atom stereocenters. The maximum Gasteiger partial charge on any atom is 0.216 e. The van der Waals surface area contributed by atoms with Crippen LogP contribution in [0.2, 0.25) is 19.6 Å². The van der Waals surface area contributed by atoms with E-state index in [1.54, 1.807) is 0 Å². The number of nitrogens with zero attached hydrogens (tertiary/aromatic N) is 5. The van der Waals surface area contributed by atoms with Crippen molar-refractivity contribution < 1.29 is 24.5 Å². The Kier molecular flexibility index (Phi) is 10.7. The maximum atomic E-state index is 6.06. The van der Waals surface area contributed by atoms with Gasteiger partial charge in [-0.3, -0.25) is 9.97 Å². The number of benzene rings is 2. The normalized spacial score (nSPS) is 12.1. The van der Waals surface area contributed by atoms with E-state index in [0.717, 1.165) is 61.4 Å². The number of aromatic nitrogens is 5. The summed E-state index contributed by atoms with van der Waals surface area (Å²) in [5, 5.41) is 3.52. The van der Waals surface area contributed by atoms with Gasteiger partial charge in [0.25, 0.3) is 0 Å². The van der Waals surface area contributed by atoms with E-state index in [4.69, 9.17) is 14.4 Å². The van der Waals surface area contributed by atoms with Gasteiger partial charge in [0.2, 0.25) is 5.71 Å². The van der Waals surface area contributed by atoms with E-state index in [-0.39, 0.29) is 31.6 Å². The number of fused-ring (bicyclic) bond motifs is 4. The Labute approximate surface area is 311 Å². The molecule has 261 valence electrons. The zero-order valence-corrected chi connectivity index (χ0v) is 34.5. The number of furan rings is 1. The molecular formula is C42H47IrN5OSi-2. The van der Waals surface area contributed by atoms with Crippen LogP contribution >= 0.6 is 0 Å². The quantitative estimate of drug-likeness (QED) is 0.127. The molecule has 0 aliphatic carbocycles. The first kappa shape index (κ1) is 37.3. The molecule has 50 heavy (non-hydrogen) atoms. The van der Waals surface area contributed by atoms with Crippen molar-refractivity contribution in [1.29, 1.82) is 0 Å². The van der Waals surface area contributed by atoms with Gasteiger partial charge in [-0.1, -0.05) is 71.3 Å². The Morgan fingerprint density at radius 3 is 2.26 bits per heavy atom. The summed E-state index contributed by atoms with van der Waals surface area (Å²) < 4.78 is 8.30. The fraction of sp³-hybridized carbons (Fsp3) is 0.333. The number of pyridine rings is 3. The molecule has 7 aromatic rings. The molecule has 0 aliphatic rings. The third kappa shape index (κ3) is 7.39. The van der Waals surface area contributed by atoms with Crippen LogP contribution in [0.4, 0.5) is 0 Å². The van der Waals surface area contributed by atoms with Crippen LogP contribution < -0.4 is 5.19 Å². The van der Waals surface area contributed by atoms with Gasteiger partial charge in [0, 0.05) is 55.0 Å². The minimum Gasteiger partial charge on any atom is -0.486 e. The van der Waals surface area contributed by atoms with Crippen LogP contribution in [0.25, 0.3) is 55.7 Å². The van der Waals surface area contributed by atoms with Crippen molar-refractivity contribution in [1.82, 2.24) is 24.5 Å². The topological polar surface area (TPSA) is 69.6 Å². The van der Waals surface area contributed by atoms with Crippen LogP contribution in [0.5, 0.6) is 0 Å². The Balaban J connectivity index is 0.000000211. The Morgan fingerprint density at radius 2 is 1.62 bits per heavy atom. The fourth-order valence-corrected chi connectivity index (χ4v) is 8.00. The summed E-state index contributed by atoms with van der Waals surface area (Å²) in [6.07, 6.45) is 3.91. The molecule has 0 bridgehead atoms. The largest absolute Gasteiger partial charge is 0.486 e. The van der Waals surface area contributed by atoms with Crippen molar-refractivity contribution in [2.45, 2.75) is 92.4 Å². The van der Waals surface area contributed by atoms with Crippen LogP contribution in [0, 0.1) is 19.1 Å². The summed E-state index contributed by atoms with van der Waals surface area (Å²) in [6, 6.07) is 27.4. The molecule has 7 rings (SSSR count). The van der Waals surface area contributed by atoms with Gasteiger partial charge in [-0.15, -0.1) is 59.7 Å². The molecule has 0 amide bonds. The van der Waals surface area contributed by atoms with Crippen LogP contribution in [0.3, 0.4) is 0 Å². The SMILES string of the molecule is CC(C)c1cc(-c2[c-]cccc2)ncc1[Si](C)(C)C.Cc1nccc2nc(-c3[c-]cc4oc5nc(C(C)(C)C)ccc5c4c3)n(C(C)C)c12.[Ir]. The van der Waals surface area contributed by atoms with Crippen molar-refractivity contribution in [3.63, 3.8) is 0 Å². The zero-order chi connectivity index (χ0) is 35.2. The van der Waals surface area contributed by atoms with Crippen molar-refractivity contribution >= 4 is 46.4 Å². The standard InChI is InChI=1S/C25H25N4O.C17H22NSi.Ir/c1-14(2)29-22-15(3)26-12-11-19(22)27-23(29)16-7-9-20-18(13-16)17-8-10-21(25(4,5)6)28-24(17)30-20;1-13(2)15-11-16(14-9-7-6-8-10-14)18-12-17(15)19(3,4)5;/h8-14H,1-6H3;6-9,11-13H,1-5H3;/q2*-1;. The number of rotatable bonds is 5. The maximum absolute atomic E-state index is 6.06. The van der Waals surface area contributed by atoms with Crippen LogP contribution in [0.15, 0.2) is 77.5 Å². The van der Waals surface area contributed by atoms with Crippen molar-refractivity contribution in [3.8, 4) is 22.6 Å². The Morgan fingerprint density at radius 1 is 0.860 bits per heavy atom. The van der Waals surface area contributed by atoms with Crippen LogP contribution in [0.1, 0.15) is 77.4 Å². The molecule has 0 N–H and O–H groups in total. The average molecular weight is 858 g/mol. The van der Waals surface area contributed by atoms with Crippen molar-refractivity contribution in [2.24, 2.45) is 0 Å². The van der Waals surface area contributed by atoms with Gasteiger partial charge in [-0.05, 0) is 55.8 Å². The summed E-state index contributed by atoms with van der Waals surface area (Å²) in [6.45, 7) is 24.5. The van der Waals surface area contributed by atoms with Gasteiger partial charge in [0.15, 0.2) is 0 Å². The molecule has 0 unspecified atom stereocenters. The zero-order valence-electron chi connectivity index (χ0n) is 31.1. The van der Waals surface area contributed by atoms with Gasteiger partial charge in [-0.2, -0.15) is 0 Å². The molecular weight excluding hydrogens is 811 g/mol. The average Bonchev–Trinajstić information content (AvgIpc) is 3.63. The molecule has 5 aromatic heterocycles. The second-order valence-corrected chi connectivity index (χ2v) is 20.6. The van der Waals surface area contributed by atoms with E-state index in [2.05, 4.69) is 131 Å². The fourth-order valence-electron chi connectivity index (χ4n) is 6.32. The van der Waals surface area contributed by atoms with E-state index in [0.29, 0.717) is 11.6 Å². The van der Waals surface area contributed by atoms with Gasteiger partial charge < -0.3 is 14.0 Å². The molecule has 5 heterocycles. The minimum atomic E-state index is -1.34. The predicted octanol–water partition coefficient (Wildman–Crippen LogP) is 10.6. The smallest absolute Gasteiger partial charge is 0.216 e. The van der Waals surface area contributed by atoms with E-state index >= 15 is 0 Å². The van der Waals surface area contributed by atoms with Gasteiger partial charge >= 0.3 is 0 Å². The molecule has 1 radical (unpaired) electrons. The van der Waals surface area contributed by atoms with Gasteiger partial charge in [0.1, 0.15) is 0 Å². The second kappa shape index (κ2) is 14.3. The molecule has 2 aromatic carbocycles. The Bertz CT molecular complexity index is 2270. The number of hydrogen-bond donors (Lipinski definition) is 0. The third-order valence-corrected chi connectivity index (χ3v) is 11.0. The summed E-state index contributed by atoms with van der Waals surface area (Å²) in [4.78, 5) is 18.8. The van der Waals surface area contributed by atoms with Crippen molar-refractivity contribution in [3.05, 3.63) is 102 Å². The van der Waals surface area contributed by atoms with E-state index < -0.39 is 8.07 Å². The van der Waals surface area contributed by atoms with Gasteiger partial charge in [0.05, 0.1) is 36.2 Å². The Hall–Kier alpha value is -3.97. The first-order chi connectivity index (χ1) is 23.1. The first-order valence-corrected chi connectivity index (χ1v) is 20.7. The summed E-state index contributed by atoms with van der Waals surface area (Å²) >= 11 is 0. The molecule has 0 spiro atoms. The molecule has 0 fully saturated rings. The van der Waals surface area contributed by atoms with E-state index in [1.165, 1.54) is 10.8 Å². The van der Waals surface area contributed by atoms with E-state index in [9.17, 15) is 0 Å². The molecule has 0 saturated carbocycles. The summed E-state index contributed by atoms with van der Waals surface area (Å²) in [5.74, 6) is 1.43. The number of hydrogen-bond acceptors (Lipinski definition) is 5. The van der Waals surface area contributed by atoms with E-state index in [1.807, 2.05) is 43.5 Å².